The summed E-state index contributed by atoms with van der Waals surface area (Å²) in [5.74, 6) is 0.943. The first-order chi connectivity index (χ1) is 9.72. The number of piperazine rings is 1. The Hall–Kier alpha value is -1.06. The van der Waals surface area contributed by atoms with Gasteiger partial charge in [-0.1, -0.05) is 25.0 Å². The summed E-state index contributed by atoms with van der Waals surface area (Å²) >= 11 is 0. The fraction of sp³-hybridized carbons (Fsp3) is 0.647. The molecule has 0 amide bonds. The fourth-order valence-electron chi connectivity index (χ4n) is 3.77. The van der Waals surface area contributed by atoms with Gasteiger partial charge in [-0.2, -0.15) is 0 Å². The molecule has 1 atom stereocenters. The van der Waals surface area contributed by atoms with Crippen molar-refractivity contribution in [2.75, 3.05) is 20.2 Å². The van der Waals surface area contributed by atoms with Crippen molar-refractivity contribution in [3.05, 3.63) is 29.8 Å². The Morgan fingerprint density at radius 3 is 2.60 bits per heavy atom. The van der Waals surface area contributed by atoms with Crippen LogP contribution < -0.4 is 10.1 Å². The number of nitrogens with one attached hydrogen (secondary N) is 1. The maximum atomic E-state index is 5.25. The third kappa shape index (κ3) is 2.70. The number of methoxy groups -OCH3 is 1. The van der Waals surface area contributed by atoms with E-state index in [9.17, 15) is 0 Å². The summed E-state index contributed by atoms with van der Waals surface area (Å²) in [7, 11) is 1.72. The molecule has 0 aromatic heterocycles. The summed E-state index contributed by atoms with van der Waals surface area (Å²) in [6, 6.07) is 9.15. The van der Waals surface area contributed by atoms with E-state index in [4.69, 9.17) is 4.74 Å². The number of ether oxygens (including phenoxy) is 1. The minimum Gasteiger partial charge on any atom is -0.497 e. The Morgan fingerprint density at radius 1 is 1.25 bits per heavy atom. The molecule has 2 fully saturated rings. The molecule has 1 unspecified atom stereocenters. The molecular weight excluding hydrogens is 248 g/mol. The van der Waals surface area contributed by atoms with Crippen molar-refractivity contribution >= 4 is 0 Å². The summed E-state index contributed by atoms with van der Waals surface area (Å²) in [6.07, 6.45) is 5.47. The number of hydrogen-bond donors (Lipinski definition) is 1. The summed E-state index contributed by atoms with van der Waals surface area (Å²) < 4.78 is 5.25. The molecule has 20 heavy (non-hydrogen) atoms. The molecule has 1 saturated carbocycles. The molecular formula is C17H26N2O. The molecule has 1 aromatic carbocycles. The van der Waals surface area contributed by atoms with Crippen LogP contribution in [0.4, 0.5) is 0 Å². The highest BCUT2D eigenvalue weighted by atomic mass is 16.5. The molecule has 1 aliphatic carbocycles. The first-order valence-corrected chi connectivity index (χ1v) is 7.83. The zero-order valence-electron chi connectivity index (χ0n) is 12.7. The molecule has 1 heterocycles. The fourth-order valence-corrected chi connectivity index (χ4v) is 3.77. The summed E-state index contributed by atoms with van der Waals surface area (Å²) in [4.78, 5) is 2.73. The monoisotopic (exact) mass is 274 g/mol. The third-order valence-corrected chi connectivity index (χ3v) is 5.01. The average Bonchev–Trinajstić information content (AvgIpc) is 2.94. The molecule has 110 valence electrons. The maximum Gasteiger partial charge on any atom is 0.118 e. The second-order valence-electron chi connectivity index (χ2n) is 6.44. The van der Waals surface area contributed by atoms with Gasteiger partial charge < -0.3 is 10.1 Å². The number of benzene rings is 1. The van der Waals surface area contributed by atoms with Gasteiger partial charge in [0.2, 0.25) is 0 Å². The average molecular weight is 274 g/mol. The van der Waals surface area contributed by atoms with Gasteiger partial charge in [0.15, 0.2) is 0 Å². The van der Waals surface area contributed by atoms with E-state index in [1.807, 2.05) is 0 Å². The van der Waals surface area contributed by atoms with E-state index in [0.29, 0.717) is 11.6 Å². The minimum absolute atomic E-state index is 0.409. The minimum atomic E-state index is 0.409. The van der Waals surface area contributed by atoms with Crippen LogP contribution >= 0.6 is 0 Å². The van der Waals surface area contributed by atoms with Crippen LogP contribution in [0.15, 0.2) is 24.3 Å². The molecule has 1 saturated heterocycles. The van der Waals surface area contributed by atoms with E-state index in [1.54, 1.807) is 7.11 Å². The standard InChI is InChI=1S/C17H26N2O/c1-14-11-19(17(13-18-14)9-3-4-10-17)12-15-5-7-16(20-2)8-6-15/h5-8,14,18H,3-4,9-13H2,1-2H3. The van der Waals surface area contributed by atoms with Crippen LogP contribution in [0, 0.1) is 0 Å². The maximum absolute atomic E-state index is 5.25. The van der Waals surface area contributed by atoms with Gasteiger partial charge in [-0.25, -0.2) is 0 Å². The normalized spacial score (nSPS) is 26.0. The number of rotatable bonds is 3. The van der Waals surface area contributed by atoms with Crippen LogP contribution in [-0.2, 0) is 6.54 Å². The van der Waals surface area contributed by atoms with Gasteiger partial charge in [-0.05, 0) is 37.5 Å². The second kappa shape index (κ2) is 5.74. The zero-order chi connectivity index (χ0) is 14.0. The van der Waals surface area contributed by atoms with Crippen LogP contribution in [0.25, 0.3) is 0 Å². The van der Waals surface area contributed by atoms with Crippen LogP contribution in [0.5, 0.6) is 5.75 Å². The Labute approximate surface area is 122 Å². The molecule has 1 N–H and O–H groups in total. The highest BCUT2D eigenvalue weighted by Gasteiger charge is 2.42. The van der Waals surface area contributed by atoms with Gasteiger partial charge in [0.1, 0.15) is 5.75 Å². The first kappa shape index (κ1) is 13.9. The van der Waals surface area contributed by atoms with Crippen molar-refractivity contribution in [1.82, 2.24) is 10.2 Å². The van der Waals surface area contributed by atoms with Crippen molar-refractivity contribution in [2.24, 2.45) is 0 Å². The lowest BCUT2D eigenvalue weighted by molar-refractivity contribution is 0.0393. The van der Waals surface area contributed by atoms with Gasteiger partial charge in [0, 0.05) is 31.2 Å². The lowest BCUT2D eigenvalue weighted by atomic mass is 9.90. The Balaban J connectivity index is 1.75. The van der Waals surface area contributed by atoms with Crippen LogP contribution in [0.1, 0.15) is 38.2 Å². The number of nitrogens with zero attached hydrogens (tertiary/aromatic N) is 1. The molecule has 1 aliphatic heterocycles. The van der Waals surface area contributed by atoms with Crippen molar-refractivity contribution in [1.29, 1.82) is 0 Å². The van der Waals surface area contributed by atoms with Gasteiger partial charge in [0.05, 0.1) is 7.11 Å². The molecule has 3 heteroatoms. The zero-order valence-corrected chi connectivity index (χ0v) is 12.7. The topological polar surface area (TPSA) is 24.5 Å². The SMILES string of the molecule is COc1ccc(CN2CC(C)NCC23CCCC3)cc1. The predicted octanol–water partition coefficient (Wildman–Crippen LogP) is 2.80. The number of hydrogen-bond acceptors (Lipinski definition) is 3. The van der Waals surface area contributed by atoms with Crippen LogP contribution in [0.2, 0.25) is 0 Å². The molecule has 0 radical (unpaired) electrons. The van der Waals surface area contributed by atoms with Gasteiger partial charge in [0.25, 0.3) is 0 Å². The van der Waals surface area contributed by atoms with E-state index in [2.05, 4.69) is 41.4 Å². The van der Waals surface area contributed by atoms with Crippen LogP contribution in [-0.4, -0.2) is 36.7 Å². The lowest BCUT2D eigenvalue weighted by Crippen LogP contribution is -2.62. The molecule has 1 aromatic rings. The molecule has 2 aliphatic rings. The molecule has 1 spiro atoms. The van der Waals surface area contributed by atoms with Crippen molar-refractivity contribution in [2.45, 2.75) is 50.7 Å². The summed E-state index contributed by atoms with van der Waals surface area (Å²) in [6.45, 7) is 5.68. The van der Waals surface area contributed by atoms with E-state index < -0.39 is 0 Å². The van der Waals surface area contributed by atoms with E-state index in [1.165, 1.54) is 31.2 Å². The third-order valence-electron chi connectivity index (χ3n) is 5.01. The van der Waals surface area contributed by atoms with E-state index >= 15 is 0 Å². The van der Waals surface area contributed by atoms with Gasteiger partial charge >= 0.3 is 0 Å². The highest BCUT2D eigenvalue weighted by Crippen LogP contribution is 2.37. The Kier molecular flexibility index (Phi) is 3.99. The largest absolute Gasteiger partial charge is 0.497 e. The molecule has 3 nitrogen and oxygen atoms in total. The lowest BCUT2D eigenvalue weighted by Gasteiger charge is -2.48. The Morgan fingerprint density at radius 2 is 1.95 bits per heavy atom. The first-order valence-electron chi connectivity index (χ1n) is 7.83. The molecule has 0 bridgehead atoms. The van der Waals surface area contributed by atoms with Gasteiger partial charge in [-0.3, -0.25) is 4.90 Å². The summed E-state index contributed by atoms with van der Waals surface area (Å²) in [5.41, 5.74) is 1.80. The van der Waals surface area contributed by atoms with Crippen molar-refractivity contribution in [3.8, 4) is 5.75 Å². The second-order valence-corrected chi connectivity index (χ2v) is 6.44. The van der Waals surface area contributed by atoms with E-state index in [0.717, 1.165) is 25.4 Å². The summed E-state index contributed by atoms with van der Waals surface area (Å²) in [5, 5.41) is 3.69. The predicted molar refractivity (Wildman–Crippen MR) is 82.1 cm³/mol. The smallest absolute Gasteiger partial charge is 0.118 e. The molecule has 3 rings (SSSR count). The van der Waals surface area contributed by atoms with Crippen molar-refractivity contribution < 1.29 is 4.74 Å². The quantitative estimate of drug-likeness (QED) is 0.917. The van der Waals surface area contributed by atoms with E-state index in [-0.39, 0.29) is 0 Å². The van der Waals surface area contributed by atoms with Gasteiger partial charge in [-0.15, -0.1) is 0 Å². The Bertz CT molecular complexity index is 437. The van der Waals surface area contributed by atoms with Crippen molar-refractivity contribution in [3.63, 3.8) is 0 Å². The highest BCUT2D eigenvalue weighted by molar-refractivity contribution is 5.27. The van der Waals surface area contributed by atoms with Crippen LogP contribution in [0.3, 0.4) is 0 Å².